The van der Waals surface area contributed by atoms with Crippen molar-refractivity contribution in [3.05, 3.63) is 118 Å². The molecule has 0 spiro atoms. The molecule has 1 saturated carbocycles. The van der Waals surface area contributed by atoms with Crippen molar-refractivity contribution in [3.8, 4) is 0 Å². The van der Waals surface area contributed by atoms with Crippen LogP contribution in [0.15, 0.2) is 90.0 Å². The van der Waals surface area contributed by atoms with Gasteiger partial charge in [0.15, 0.2) is 23.1 Å². The van der Waals surface area contributed by atoms with Crippen LogP contribution in [-0.4, -0.2) is 23.1 Å². The number of Topliss-reactive ketones (excluding diaryl/α,β-unsaturated/α-hetero) is 4. The Balaban J connectivity index is 1.44. The first kappa shape index (κ1) is 24.4. The average molecular weight is 503 g/mol. The van der Waals surface area contributed by atoms with Gasteiger partial charge in [0.1, 0.15) is 11.8 Å². The molecular weight excluding hydrogens is 472 g/mol. The summed E-state index contributed by atoms with van der Waals surface area (Å²) in [6.45, 7) is 6.52. The predicted molar refractivity (Wildman–Crippen MR) is 145 cm³/mol. The van der Waals surface area contributed by atoms with Gasteiger partial charge in [-0.1, -0.05) is 99.6 Å². The largest absolute Gasteiger partial charge is 0.298 e. The highest BCUT2D eigenvalue weighted by atomic mass is 16.2. The second kappa shape index (κ2) is 8.83. The molecule has 0 aliphatic heterocycles. The second-order valence-electron chi connectivity index (χ2n) is 12.0. The first-order valence-electron chi connectivity index (χ1n) is 13.3. The van der Waals surface area contributed by atoms with E-state index in [9.17, 15) is 19.2 Å². The molecule has 3 unspecified atom stereocenters. The van der Waals surface area contributed by atoms with E-state index in [2.05, 4.69) is 20.8 Å². The van der Waals surface area contributed by atoms with Crippen molar-refractivity contribution < 1.29 is 19.2 Å². The van der Waals surface area contributed by atoms with Gasteiger partial charge in [-0.2, -0.15) is 0 Å². The van der Waals surface area contributed by atoms with Crippen LogP contribution >= 0.6 is 0 Å². The van der Waals surface area contributed by atoms with Gasteiger partial charge < -0.3 is 0 Å². The van der Waals surface area contributed by atoms with Crippen LogP contribution < -0.4 is 0 Å². The molecule has 1 fully saturated rings. The Kier molecular flexibility index (Phi) is 5.68. The van der Waals surface area contributed by atoms with Gasteiger partial charge in [-0.15, -0.1) is 0 Å². The third-order valence-corrected chi connectivity index (χ3v) is 8.22. The number of carbonyl (C=O) groups is 4. The standard InChI is InChI=1S/C34H30O4/c1-34(2,3)18-19-13-15-21(16-14-19)26-32(37)27-24(20-9-5-4-6-10-20)17-25(28(27)33(26)38)29-30(35)22-11-7-8-12-23(22)31(29)36/h4-16,24,26-27,29H,17-18H2,1-3H3. The summed E-state index contributed by atoms with van der Waals surface area (Å²) in [6.07, 6.45) is 1.25. The molecule has 0 radical (unpaired) electrons. The van der Waals surface area contributed by atoms with E-state index in [1.54, 1.807) is 24.3 Å². The van der Waals surface area contributed by atoms with Crippen molar-refractivity contribution in [2.45, 2.75) is 45.4 Å². The molecule has 0 heterocycles. The summed E-state index contributed by atoms with van der Waals surface area (Å²) >= 11 is 0. The molecule has 0 bridgehead atoms. The molecule has 3 aromatic carbocycles. The quantitative estimate of drug-likeness (QED) is 0.392. The van der Waals surface area contributed by atoms with Gasteiger partial charge in [0.25, 0.3) is 0 Å². The van der Waals surface area contributed by atoms with E-state index >= 15 is 0 Å². The van der Waals surface area contributed by atoms with Gasteiger partial charge in [0.2, 0.25) is 0 Å². The second-order valence-corrected chi connectivity index (χ2v) is 12.0. The van der Waals surface area contributed by atoms with E-state index in [0.29, 0.717) is 34.3 Å². The van der Waals surface area contributed by atoms with Gasteiger partial charge in [-0.05, 0) is 40.5 Å². The van der Waals surface area contributed by atoms with Crippen LogP contribution in [0.4, 0.5) is 0 Å². The third kappa shape index (κ3) is 3.82. The molecule has 38 heavy (non-hydrogen) atoms. The van der Waals surface area contributed by atoms with E-state index in [4.69, 9.17) is 0 Å². The van der Waals surface area contributed by atoms with Crippen LogP contribution in [-0.2, 0) is 16.0 Å². The van der Waals surface area contributed by atoms with Crippen molar-refractivity contribution >= 4 is 23.1 Å². The first-order valence-corrected chi connectivity index (χ1v) is 13.3. The lowest BCUT2D eigenvalue weighted by atomic mass is 9.82. The van der Waals surface area contributed by atoms with E-state index in [-0.39, 0.29) is 34.5 Å². The van der Waals surface area contributed by atoms with E-state index in [1.807, 2.05) is 54.6 Å². The van der Waals surface area contributed by atoms with Crippen LogP contribution in [0.25, 0.3) is 0 Å². The molecule has 0 aromatic heterocycles. The lowest BCUT2D eigenvalue weighted by Crippen LogP contribution is -2.22. The summed E-state index contributed by atoms with van der Waals surface area (Å²) in [5.74, 6) is -3.78. The molecule has 190 valence electrons. The highest BCUT2D eigenvalue weighted by Crippen LogP contribution is 2.55. The Morgan fingerprint density at radius 1 is 0.658 bits per heavy atom. The Bertz CT molecular complexity index is 1480. The topological polar surface area (TPSA) is 68.3 Å². The smallest absolute Gasteiger partial charge is 0.178 e. The number of rotatable bonds is 4. The molecule has 4 nitrogen and oxygen atoms in total. The predicted octanol–water partition coefficient (Wildman–Crippen LogP) is 6.31. The molecule has 3 atom stereocenters. The van der Waals surface area contributed by atoms with Crippen molar-refractivity contribution in [3.63, 3.8) is 0 Å². The maximum atomic E-state index is 14.0. The maximum Gasteiger partial charge on any atom is 0.178 e. The lowest BCUT2D eigenvalue weighted by Gasteiger charge is -2.20. The van der Waals surface area contributed by atoms with Crippen LogP contribution in [0.2, 0.25) is 0 Å². The third-order valence-electron chi connectivity index (χ3n) is 8.22. The van der Waals surface area contributed by atoms with Gasteiger partial charge in [0, 0.05) is 22.6 Å². The Hall–Kier alpha value is -3.92. The summed E-state index contributed by atoms with van der Waals surface area (Å²) in [6, 6.07) is 24.3. The highest BCUT2D eigenvalue weighted by molar-refractivity contribution is 6.30. The molecule has 0 saturated heterocycles. The average Bonchev–Trinajstić information content (AvgIpc) is 3.49. The Morgan fingerprint density at radius 2 is 1.24 bits per heavy atom. The molecule has 3 aliphatic rings. The zero-order chi connectivity index (χ0) is 26.8. The minimum absolute atomic E-state index is 0.123. The van der Waals surface area contributed by atoms with E-state index < -0.39 is 17.8 Å². The molecule has 4 heteroatoms. The Morgan fingerprint density at radius 3 is 1.82 bits per heavy atom. The van der Waals surface area contributed by atoms with Crippen LogP contribution in [0.5, 0.6) is 0 Å². The number of hydrogen-bond donors (Lipinski definition) is 0. The minimum Gasteiger partial charge on any atom is -0.298 e. The number of ketones is 4. The van der Waals surface area contributed by atoms with Crippen molar-refractivity contribution in [1.82, 2.24) is 0 Å². The summed E-state index contributed by atoms with van der Waals surface area (Å²) < 4.78 is 0. The molecule has 0 N–H and O–H groups in total. The number of fused-ring (bicyclic) bond motifs is 2. The fourth-order valence-electron chi connectivity index (χ4n) is 6.68. The van der Waals surface area contributed by atoms with Gasteiger partial charge in [0.05, 0.1) is 5.92 Å². The van der Waals surface area contributed by atoms with Gasteiger partial charge in [-0.3, -0.25) is 19.2 Å². The number of benzene rings is 3. The summed E-state index contributed by atoms with van der Waals surface area (Å²) in [5, 5.41) is 0. The van der Waals surface area contributed by atoms with Crippen molar-refractivity contribution in [2.24, 2.45) is 17.3 Å². The van der Waals surface area contributed by atoms with Gasteiger partial charge >= 0.3 is 0 Å². The summed E-state index contributed by atoms with van der Waals surface area (Å²) in [5.41, 5.74) is 4.64. The fourth-order valence-corrected chi connectivity index (χ4v) is 6.68. The summed E-state index contributed by atoms with van der Waals surface area (Å²) in [4.78, 5) is 55.0. The van der Waals surface area contributed by atoms with Crippen molar-refractivity contribution in [2.75, 3.05) is 0 Å². The van der Waals surface area contributed by atoms with Gasteiger partial charge in [-0.25, -0.2) is 0 Å². The Labute approximate surface area is 222 Å². The van der Waals surface area contributed by atoms with Crippen LogP contribution in [0, 0.1) is 17.3 Å². The zero-order valence-electron chi connectivity index (χ0n) is 21.9. The number of carbonyl (C=O) groups excluding carboxylic acids is 4. The molecular formula is C34H30O4. The normalized spacial score (nSPS) is 23.4. The first-order chi connectivity index (χ1) is 18.2. The maximum absolute atomic E-state index is 14.0. The lowest BCUT2D eigenvalue weighted by molar-refractivity contribution is -0.125. The molecule has 3 aliphatic carbocycles. The van der Waals surface area contributed by atoms with E-state index in [1.165, 1.54) is 0 Å². The van der Waals surface area contributed by atoms with Crippen molar-refractivity contribution in [1.29, 1.82) is 0 Å². The summed E-state index contributed by atoms with van der Waals surface area (Å²) in [7, 11) is 0. The van der Waals surface area contributed by atoms with Crippen LogP contribution in [0.3, 0.4) is 0 Å². The number of hydrogen-bond acceptors (Lipinski definition) is 4. The van der Waals surface area contributed by atoms with E-state index in [0.717, 1.165) is 17.5 Å². The molecule has 0 amide bonds. The SMILES string of the molecule is CC(C)(C)Cc1ccc(C2C(=O)C3=C(C4C(=O)c5ccccc5C4=O)CC(c4ccccc4)C3C2=O)cc1. The monoisotopic (exact) mass is 502 g/mol. The highest BCUT2D eigenvalue weighted by Gasteiger charge is 2.57. The fraction of sp³-hybridized carbons (Fsp3) is 0.294. The number of allylic oxidation sites excluding steroid dienone is 2. The zero-order valence-corrected chi connectivity index (χ0v) is 21.9. The molecule has 3 aromatic rings. The minimum atomic E-state index is -1.02. The molecule has 6 rings (SSSR count). The van der Waals surface area contributed by atoms with Crippen LogP contribution in [0.1, 0.15) is 76.4 Å².